The topological polar surface area (TPSA) is 126 Å². The minimum absolute atomic E-state index is 0.0571. The molecule has 4 aromatic rings. The van der Waals surface area contributed by atoms with Gasteiger partial charge >= 0.3 is 0 Å². The van der Waals surface area contributed by atoms with Gasteiger partial charge in [-0.25, -0.2) is 0 Å². The Bertz CT molecular complexity index is 1420. The number of amides is 1. The van der Waals surface area contributed by atoms with E-state index in [9.17, 15) is 10.1 Å². The van der Waals surface area contributed by atoms with Gasteiger partial charge in [0.05, 0.1) is 12.7 Å². The lowest BCUT2D eigenvalue weighted by Gasteiger charge is -2.22. The largest absolute Gasteiger partial charge is 0.496 e. The molecule has 2 N–H and O–H groups in total. The first-order valence-electron chi connectivity index (χ1n) is 11.4. The van der Waals surface area contributed by atoms with Crippen molar-refractivity contribution in [2.45, 2.75) is 44.9 Å². The number of hydrogen-bond acceptors (Lipinski definition) is 8. The van der Waals surface area contributed by atoms with E-state index in [0.717, 1.165) is 34.1 Å². The van der Waals surface area contributed by atoms with E-state index in [1.165, 1.54) is 30.6 Å². The molecule has 0 atom stereocenters. The number of thiophene rings is 1. The molecule has 2 aromatic carbocycles. The van der Waals surface area contributed by atoms with Crippen molar-refractivity contribution in [3.8, 4) is 23.3 Å². The molecule has 0 unspecified atom stereocenters. The number of rotatable bonds is 6. The second-order valence-corrected chi connectivity index (χ2v) is 9.62. The Morgan fingerprint density at radius 3 is 2.74 bits per heavy atom. The Morgan fingerprint density at radius 2 is 2.03 bits per heavy atom. The molecule has 35 heavy (non-hydrogen) atoms. The zero-order valence-corrected chi connectivity index (χ0v) is 20.2. The molecule has 10 heteroatoms. The van der Waals surface area contributed by atoms with Gasteiger partial charge < -0.3 is 9.47 Å². The van der Waals surface area contributed by atoms with E-state index in [2.05, 4.69) is 32.0 Å². The van der Waals surface area contributed by atoms with Crippen LogP contribution in [0.1, 0.15) is 64.4 Å². The van der Waals surface area contributed by atoms with E-state index >= 15 is 0 Å². The number of anilines is 1. The number of methoxy groups -OCH3 is 1. The quantitative estimate of drug-likeness (QED) is 0.357. The number of fused-ring (bicyclic) bond motifs is 1. The van der Waals surface area contributed by atoms with Crippen molar-refractivity contribution in [1.29, 1.82) is 5.26 Å². The molecule has 5 rings (SSSR count). The Balaban J connectivity index is 1.56. The highest BCUT2D eigenvalue weighted by Gasteiger charge is 2.24. The number of nitriles is 1. The number of ether oxygens (including phenoxy) is 2. The number of aromatic nitrogens is 4. The SMILES string of the molecule is COc1cc2c(Oc3ccc(C4CCCCC4)cc3C#N)c(C(=O)Nc3nn[nH]n3)sc2cc1C. The molecule has 1 aliphatic carbocycles. The molecule has 2 aromatic heterocycles. The Hall–Kier alpha value is -3.97. The fourth-order valence-corrected chi connectivity index (χ4v) is 5.67. The molecule has 1 aliphatic rings. The first-order chi connectivity index (χ1) is 17.1. The predicted octanol–water partition coefficient (Wildman–Crippen LogP) is 5.70. The van der Waals surface area contributed by atoms with E-state index < -0.39 is 5.91 Å². The van der Waals surface area contributed by atoms with Crippen molar-refractivity contribution in [3.05, 3.63) is 51.9 Å². The normalized spacial score (nSPS) is 14.0. The summed E-state index contributed by atoms with van der Waals surface area (Å²) in [7, 11) is 1.60. The third kappa shape index (κ3) is 4.55. The zero-order chi connectivity index (χ0) is 24.4. The average Bonchev–Trinajstić information content (AvgIpc) is 3.52. The van der Waals surface area contributed by atoms with Crippen LogP contribution >= 0.6 is 11.3 Å². The zero-order valence-electron chi connectivity index (χ0n) is 19.4. The molecule has 1 saturated carbocycles. The highest BCUT2D eigenvalue weighted by molar-refractivity contribution is 7.21. The van der Waals surface area contributed by atoms with Crippen molar-refractivity contribution in [3.63, 3.8) is 0 Å². The van der Waals surface area contributed by atoms with Crippen LogP contribution in [0.25, 0.3) is 10.1 Å². The second kappa shape index (κ2) is 9.72. The van der Waals surface area contributed by atoms with Crippen LogP contribution in [0.4, 0.5) is 5.95 Å². The number of nitrogens with zero attached hydrogens (tertiary/aromatic N) is 4. The third-order valence-corrected chi connectivity index (χ3v) is 7.48. The van der Waals surface area contributed by atoms with Crippen molar-refractivity contribution >= 4 is 33.3 Å². The Labute approximate surface area is 206 Å². The van der Waals surface area contributed by atoms with E-state index in [-0.39, 0.29) is 5.95 Å². The summed E-state index contributed by atoms with van der Waals surface area (Å²) in [6.07, 6.45) is 5.98. The maximum absolute atomic E-state index is 13.1. The van der Waals surface area contributed by atoms with Gasteiger partial charge in [0.1, 0.15) is 22.4 Å². The number of benzene rings is 2. The van der Waals surface area contributed by atoms with Crippen LogP contribution in [0.2, 0.25) is 0 Å². The molecule has 0 spiro atoms. The van der Waals surface area contributed by atoms with Gasteiger partial charge in [-0.3, -0.25) is 10.1 Å². The summed E-state index contributed by atoms with van der Waals surface area (Å²) >= 11 is 1.28. The van der Waals surface area contributed by atoms with Crippen LogP contribution in [0.5, 0.6) is 17.2 Å². The second-order valence-electron chi connectivity index (χ2n) is 8.57. The van der Waals surface area contributed by atoms with E-state index in [4.69, 9.17) is 9.47 Å². The summed E-state index contributed by atoms with van der Waals surface area (Å²) in [6.45, 7) is 1.94. The molecule has 0 radical (unpaired) electrons. The van der Waals surface area contributed by atoms with Gasteiger partial charge in [-0.15, -0.1) is 16.4 Å². The number of H-pyrrole nitrogens is 1. The minimum atomic E-state index is -0.434. The molecule has 0 saturated heterocycles. The first-order valence-corrected chi connectivity index (χ1v) is 12.3. The van der Waals surface area contributed by atoms with Crippen LogP contribution in [0, 0.1) is 18.3 Å². The lowest BCUT2D eigenvalue weighted by atomic mass is 9.83. The van der Waals surface area contributed by atoms with Crippen molar-refractivity contribution in [2.75, 3.05) is 12.4 Å². The van der Waals surface area contributed by atoms with Crippen LogP contribution in [-0.2, 0) is 0 Å². The molecular formula is C25H24N6O3S. The fourth-order valence-electron chi connectivity index (χ4n) is 4.57. The van der Waals surface area contributed by atoms with Gasteiger partial charge in [-0.05, 0) is 66.3 Å². The van der Waals surface area contributed by atoms with E-state index in [1.54, 1.807) is 7.11 Å². The summed E-state index contributed by atoms with van der Waals surface area (Å²) in [5.41, 5.74) is 2.54. The van der Waals surface area contributed by atoms with Gasteiger partial charge in [-0.1, -0.05) is 30.4 Å². The number of carbonyl (C=O) groups excluding carboxylic acids is 1. The maximum atomic E-state index is 13.1. The van der Waals surface area contributed by atoms with Crippen LogP contribution in [-0.4, -0.2) is 33.6 Å². The number of nitrogens with one attached hydrogen (secondary N) is 2. The summed E-state index contributed by atoms with van der Waals surface area (Å²) in [6, 6.07) is 11.9. The van der Waals surface area contributed by atoms with E-state index in [0.29, 0.717) is 33.6 Å². The van der Waals surface area contributed by atoms with Gasteiger partial charge in [-0.2, -0.15) is 10.5 Å². The lowest BCUT2D eigenvalue weighted by molar-refractivity contribution is 0.102. The molecule has 178 valence electrons. The molecule has 2 heterocycles. The van der Waals surface area contributed by atoms with Crippen molar-refractivity contribution < 1.29 is 14.3 Å². The molecule has 1 fully saturated rings. The lowest BCUT2D eigenvalue weighted by Crippen LogP contribution is -2.12. The highest BCUT2D eigenvalue weighted by Crippen LogP contribution is 2.44. The van der Waals surface area contributed by atoms with Gasteiger partial charge in [0.25, 0.3) is 11.9 Å². The number of aromatic amines is 1. The average molecular weight is 489 g/mol. The summed E-state index contributed by atoms with van der Waals surface area (Å²) < 4.78 is 12.7. The van der Waals surface area contributed by atoms with E-state index in [1.807, 2.05) is 37.3 Å². The third-order valence-electron chi connectivity index (χ3n) is 6.35. The number of aryl methyl sites for hydroxylation is 1. The summed E-state index contributed by atoms with van der Waals surface area (Å²) in [5, 5.41) is 26.6. The highest BCUT2D eigenvalue weighted by atomic mass is 32.1. The summed E-state index contributed by atoms with van der Waals surface area (Å²) in [4.78, 5) is 13.5. The summed E-state index contributed by atoms with van der Waals surface area (Å²) in [5.74, 6) is 1.53. The van der Waals surface area contributed by atoms with Crippen LogP contribution in [0.15, 0.2) is 30.3 Å². The first kappa shape index (κ1) is 22.8. The molecular weight excluding hydrogens is 464 g/mol. The minimum Gasteiger partial charge on any atom is -0.496 e. The van der Waals surface area contributed by atoms with Crippen molar-refractivity contribution in [1.82, 2.24) is 20.6 Å². The molecule has 9 nitrogen and oxygen atoms in total. The van der Waals surface area contributed by atoms with Gasteiger partial charge in [0, 0.05) is 10.1 Å². The predicted molar refractivity (Wildman–Crippen MR) is 132 cm³/mol. The molecule has 1 amide bonds. The van der Waals surface area contributed by atoms with Crippen LogP contribution in [0.3, 0.4) is 0 Å². The Morgan fingerprint density at radius 1 is 1.20 bits per heavy atom. The standard InChI is InChI=1S/C25H24N6O3S/c1-14-10-21-18(12-20(14)33-2)22(23(35-21)24(32)27-25-28-30-31-29-25)34-19-9-8-16(11-17(19)13-26)15-6-4-3-5-7-15/h8-12,15H,3-7H2,1-2H3,(H2,27,28,29,30,31,32). The van der Waals surface area contributed by atoms with Gasteiger partial charge in [0.15, 0.2) is 5.75 Å². The molecule has 0 aliphatic heterocycles. The molecule has 0 bridgehead atoms. The Kier molecular flexibility index (Phi) is 6.33. The van der Waals surface area contributed by atoms with Crippen molar-refractivity contribution in [2.24, 2.45) is 0 Å². The maximum Gasteiger partial charge on any atom is 0.272 e. The monoisotopic (exact) mass is 488 g/mol. The smallest absolute Gasteiger partial charge is 0.272 e. The fraction of sp³-hybridized carbons (Fsp3) is 0.320. The van der Waals surface area contributed by atoms with Gasteiger partial charge in [0.2, 0.25) is 0 Å². The van der Waals surface area contributed by atoms with Crippen LogP contribution < -0.4 is 14.8 Å². The number of hydrogen-bond donors (Lipinski definition) is 2. The number of tetrazole rings is 1. The number of carbonyl (C=O) groups is 1.